The number of alkyl halides is 3. The lowest BCUT2D eigenvalue weighted by Gasteiger charge is -2.04. The number of carbonyl (C=O) groups is 1. The van der Waals surface area contributed by atoms with Crippen LogP contribution in [0.5, 0.6) is 0 Å². The highest BCUT2D eigenvalue weighted by atomic mass is 35.5. The van der Waals surface area contributed by atoms with Crippen molar-refractivity contribution in [1.82, 2.24) is 19.5 Å². The first-order chi connectivity index (χ1) is 17.4. The summed E-state index contributed by atoms with van der Waals surface area (Å²) in [4.78, 5) is 35.4. The first-order valence-corrected chi connectivity index (χ1v) is 12.0. The van der Waals surface area contributed by atoms with E-state index in [9.17, 15) is 18.0 Å². The highest BCUT2D eigenvalue weighted by molar-refractivity contribution is 7.22. The predicted octanol–water partition coefficient (Wildman–Crippen LogP) is 6.10. The summed E-state index contributed by atoms with van der Waals surface area (Å²) in [6.07, 6.45) is -3.51. The SMILES string of the molecule is CC(C)Nc1nc2cc(-n3cnc4cc(-c5ccc(Cl)cc5)sc4c3=O)ccc2[nH]1.O=C(O)C(F)(F)F. The number of nitrogens with one attached hydrogen (secondary N) is 2. The van der Waals surface area contributed by atoms with E-state index in [0.29, 0.717) is 21.2 Å². The van der Waals surface area contributed by atoms with Gasteiger partial charge in [-0.15, -0.1) is 11.3 Å². The fourth-order valence-electron chi connectivity index (χ4n) is 3.34. The van der Waals surface area contributed by atoms with Gasteiger partial charge in [0.1, 0.15) is 11.0 Å². The number of carboxylic acid groups (broad SMARTS) is 1. The molecule has 0 saturated heterocycles. The molecule has 0 atom stereocenters. The van der Waals surface area contributed by atoms with Gasteiger partial charge in [0.2, 0.25) is 5.95 Å². The molecule has 3 aromatic heterocycles. The number of fused-ring (bicyclic) bond motifs is 2. The van der Waals surface area contributed by atoms with Crippen molar-refractivity contribution in [3.05, 3.63) is 70.2 Å². The predicted molar refractivity (Wildman–Crippen MR) is 138 cm³/mol. The lowest BCUT2D eigenvalue weighted by molar-refractivity contribution is -0.192. The summed E-state index contributed by atoms with van der Waals surface area (Å²) in [5, 5.41) is 11.1. The molecule has 13 heteroatoms. The van der Waals surface area contributed by atoms with Gasteiger partial charge in [-0.25, -0.2) is 14.8 Å². The topological polar surface area (TPSA) is 113 Å². The van der Waals surface area contributed by atoms with Crippen LogP contribution < -0.4 is 10.9 Å². The van der Waals surface area contributed by atoms with Crippen LogP contribution in [-0.2, 0) is 4.79 Å². The van der Waals surface area contributed by atoms with Crippen LogP contribution >= 0.6 is 22.9 Å². The van der Waals surface area contributed by atoms with Crippen molar-refractivity contribution in [3.8, 4) is 16.1 Å². The number of H-pyrrole nitrogens is 1. The molecule has 0 radical (unpaired) electrons. The summed E-state index contributed by atoms with van der Waals surface area (Å²) in [5.41, 5.74) is 4.03. The Kier molecular flexibility index (Phi) is 7.23. The standard InChI is InChI=1S/C22H18ClN5OS.C2HF3O2/c1-12(2)25-22-26-16-8-7-15(9-17(16)27-22)28-11-24-18-10-19(30-20(18)21(28)29)13-3-5-14(23)6-4-13;3-2(4,5)1(6)7/h3-12H,1-2H3,(H2,25,26,27);(H,6,7). The van der Waals surface area contributed by atoms with E-state index >= 15 is 0 Å². The van der Waals surface area contributed by atoms with Crippen LogP contribution in [0.15, 0.2) is 59.7 Å². The fourth-order valence-corrected chi connectivity index (χ4v) is 4.51. The number of benzene rings is 2. The van der Waals surface area contributed by atoms with Crippen LogP contribution in [0.3, 0.4) is 0 Å². The van der Waals surface area contributed by atoms with Gasteiger partial charge in [-0.05, 0) is 55.8 Å². The average molecular weight is 550 g/mol. The average Bonchev–Trinajstić information content (AvgIpc) is 3.43. The van der Waals surface area contributed by atoms with Gasteiger partial charge in [0.15, 0.2) is 0 Å². The maximum Gasteiger partial charge on any atom is 0.490 e. The van der Waals surface area contributed by atoms with Crippen LogP contribution in [0.1, 0.15) is 13.8 Å². The number of rotatable bonds is 4. The second-order valence-corrected chi connectivity index (χ2v) is 9.63. The van der Waals surface area contributed by atoms with Gasteiger partial charge in [0, 0.05) is 15.9 Å². The molecule has 8 nitrogen and oxygen atoms in total. The van der Waals surface area contributed by atoms with Gasteiger partial charge in [-0.3, -0.25) is 9.36 Å². The van der Waals surface area contributed by atoms with E-state index in [2.05, 4.69) is 34.1 Å². The van der Waals surface area contributed by atoms with Gasteiger partial charge in [0.05, 0.1) is 22.2 Å². The number of imidazole rings is 1. The third kappa shape index (κ3) is 5.92. The second-order valence-electron chi connectivity index (χ2n) is 8.14. The molecule has 0 aliphatic carbocycles. The largest absolute Gasteiger partial charge is 0.490 e. The van der Waals surface area contributed by atoms with E-state index in [1.54, 1.807) is 10.9 Å². The minimum atomic E-state index is -5.08. The van der Waals surface area contributed by atoms with Crippen molar-refractivity contribution in [2.75, 3.05) is 5.32 Å². The van der Waals surface area contributed by atoms with Crippen LogP contribution in [0.4, 0.5) is 19.1 Å². The second kappa shape index (κ2) is 10.2. The Hall–Kier alpha value is -3.90. The Bertz CT molecular complexity index is 1640. The first kappa shape index (κ1) is 26.2. The van der Waals surface area contributed by atoms with E-state index in [0.717, 1.165) is 27.2 Å². The molecule has 0 fully saturated rings. The summed E-state index contributed by atoms with van der Waals surface area (Å²) in [5.74, 6) is -2.04. The third-order valence-electron chi connectivity index (χ3n) is 4.98. The minimum absolute atomic E-state index is 0.0966. The number of hydrogen-bond donors (Lipinski definition) is 3. The Morgan fingerprint density at radius 1 is 1.14 bits per heavy atom. The minimum Gasteiger partial charge on any atom is -0.475 e. The van der Waals surface area contributed by atoms with Crippen LogP contribution in [0.25, 0.3) is 37.4 Å². The highest BCUT2D eigenvalue weighted by Gasteiger charge is 2.38. The van der Waals surface area contributed by atoms with E-state index in [-0.39, 0.29) is 11.6 Å². The van der Waals surface area contributed by atoms with Crippen LogP contribution in [0, 0.1) is 0 Å². The van der Waals surface area contributed by atoms with Crippen molar-refractivity contribution in [3.63, 3.8) is 0 Å². The summed E-state index contributed by atoms with van der Waals surface area (Å²) >= 11 is 7.42. The van der Waals surface area contributed by atoms with Gasteiger partial charge in [0.25, 0.3) is 5.56 Å². The molecule has 5 aromatic rings. The van der Waals surface area contributed by atoms with Gasteiger partial charge < -0.3 is 15.4 Å². The van der Waals surface area contributed by atoms with Crippen molar-refractivity contribution in [2.24, 2.45) is 0 Å². The van der Waals surface area contributed by atoms with E-state index in [4.69, 9.17) is 21.5 Å². The number of hydrogen-bond acceptors (Lipinski definition) is 6. The molecule has 192 valence electrons. The van der Waals surface area contributed by atoms with Gasteiger partial charge in [-0.2, -0.15) is 13.2 Å². The number of nitrogens with zero attached hydrogens (tertiary/aromatic N) is 3. The summed E-state index contributed by atoms with van der Waals surface area (Å²) in [6, 6.07) is 15.5. The molecule has 0 aliphatic heterocycles. The maximum absolute atomic E-state index is 13.2. The smallest absolute Gasteiger partial charge is 0.475 e. The van der Waals surface area contributed by atoms with E-state index < -0.39 is 12.1 Å². The molecule has 0 aliphatic rings. The summed E-state index contributed by atoms with van der Waals surface area (Å²) < 4.78 is 33.9. The Morgan fingerprint density at radius 3 is 2.43 bits per heavy atom. The summed E-state index contributed by atoms with van der Waals surface area (Å²) in [6.45, 7) is 4.11. The lowest BCUT2D eigenvalue weighted by atomic mass is 10.2. The molecule has 0 unspecified atom stereocenters. The first-order valence-electron chi connectivity index (χ1n) is 10.8. The van der Waals surface area contributed by atoms with Crippen molar-refractivity contribution in [2.45, 2.75) is 26.1 Å². The number of aliphatic carboxylic acids is 1. The van der Waals surface area contributed by atoms with Crippen LogP contribution in [-0.4, -0.2) is 42.8 Å². The molecule has 0 spiro atoms. The Labute approximate surface area is 216 Å². The number of thiophene rings is 1. The number of anilines is 1. The zero-order valence-corrected chi connectivity index (χ0v) is 20.9. The fraction of sp³-hybridized carbons (Fsp3) is 0.167. The molecule has 0 amide bonds. The molecular formula is C24H19ClF3N5O3S. The Morgan fingerprint density at radius 2 is 1.81 bits per heavy atom. The van der Waals surface area contributed by atoms with Crippen molar-refractivity contribution >= 4 is 56.1 Å². The zero-order valence-electron chi connectivity index (χ0n) is 19.3. The monoisotopic (exact) mass is 549 g/mol. The van der Waals surface area contributed by atoms with Crippen molar-refractivity contribution in [1.29, 1.82) is 0 Å². The highest BCUT2D eigenvalue weighted by Crippen LogP contribution is 2.31. The number of carboxylic acids is 1. The molecule has 37 heavy (non-hydrogen) atoms. The molecular weight excluding hydrogens is 531 g/mol. The summed E-state index contributed by atoms with van der Waals surface area (Å²) in [7, 11) is 0. The van der Waals surface area contributed by atoms with Crippen molar-refractivity contribution < 1.29 is 23.1 Å². The molecule has 2 aromatic carbocycles. The molecule has 5 rings (SSSR count). The van der Waals surface area contributed by atoms with Crippen LogP contribution in [0.2, 0.25) is 5.02 Å². The number of halogens is 4. The quantitative estimate of drug-likeness (QED) is 0.250. The van der Waals surface area contributed by atoms with Gasteiger partial charge >= 0.3 is 12.1 Å². The van der Waals surface area contributed by atoms with E-state index in [1.165, 1.54) is 11.3 Å². The zero-order chi connectivity index (χ0) is 26.9. The molecule has 3 N–H and O–H groups in total. The maximum atomic E-state index is 13.2. The molecule has 0 saturated carbocycles. The third-order valence-corrected chi connectivity index (χ3v) is 6.39. The molecule has 3 heterocycles. The number of aromatic nitrogens is 4. The Balaban J connectivity index is 0.000000405. The normalized spacial score (nSPS) is 11.5. The number of aromatic amines is 1. The lowest BCUT2D eigenvalue weighted by Crippen LogP contribution is -2.21. The van der Waals surface area contributed by atoms with Gasteiger partial charge in [-0.1, -0.05) is 23.7 Å². The van der Waals surface area contributed by atoms with E-state index in [1.807, 2.05) is 48.5 Å². The molecule has 0 bridgehead atoms.